The second kappa shape index (κ2) is 8.36. The highest BCUT2D eigenvalue weighted by molar-refractivity contribution is 5.67. The average molecular weight is 356 g/mol. The smallest absolute Gasteiger partial charge is 0.407 e. The molecule has 1 fully saturated rings. The third kappa shape index (κ3) is 6.76. The molecule has 1 aliphatic rings. The van der Waals surface area contributed by atoms with Crippen LogP contribution in [0.5, 0.6) is 5.75 Å². The van der Waals surface area contributed by atoms with Crippen LogP contribution in [0.25, 0.3) is 0 Å². The number of carbonyl (C=O) groups is 1. The van der Waals surface area contributed by atoms with Gasteiger partial charge in [0.2, 0.25) is 0 Å². The summed E-state index contributed by atoms with van der Waals surface area (Å²) >= 11 is 0. The van der Waals surface area contributed by atoms with Crippen molar-refractivity contribution in [2.24, 2.45) is 5.92 Å². The lowest BCUT2D eigenvalue weighted by molar-refractivity contribution is -0.0498. The first-order valence-electron chi connectivity index (χ1n) is 8.51. The summed E-state index contributed by atoms with van der Waals surface area (Å²) in [4.78, 5) is 11.8. The van der Waals surface area contributed by atoms with E-state index in [2.05, 4.69) is 15.4 Å². The molecule has 2 N–H and O–H groups in total. The van der Waals surface area contributed by atoms with Gasteiger partial charge < -0.3 is 20.1 Å². The molecule has 0 radical (unpaired) electrons. The van der Waals surface area contributed by atoms with Crippen molar-refractivity contribution in [3.8, 4) is 5.75 Å². The Kier molecular flexibility index (Phi) is 6.45. The number of amides is 1. The Morgan fingerprint density at radius 1 is 1.24 bits per heavy atom. The second-order valence-electron chi connectivity index (χ2n) is 7.23. The fourth-order valence-electron chi connectivity index (χ4n) is 2.95. The average Bonchev–Trinajstić information content (AvgIpc) is 2.92. The van der Waals surface area contributed by atoms with E-state index in [1.807, 2.05) is 20.8 Å². The van der Waals surface area contributed by atoms with Crippen LogP contribution in [0.3, 0.4) is 0 Å². The minimum Gasteiger partial charge on any atom is -0.444 e. The van der Waals surface area contributed by atoms with Gasteiger partial charge in [0, 0.05) is 18.3 Å². The van der Waals surface area contributed by atoms with Crippen LogP contribution in [0.4, 0.5) is 19.3 Å². The highest BCUT2D eigenvalue weighted by Crippen LogP contribution is 2.29. The first-order chi connectivity index (χ1) is 11.7. The van der Waals surface area contributed by atoms with Gasteiger partial charge in [-0.3, -0.25) is 0 Å². The minimum absolute atomic E-state index is 0.134. The predicted octanol–water partition coefficient (Wildman–Crippen LogP) is 4.39. The number of hydrogen-bond donors (Lipinski definition) is 2. The van der Waals surface area contributed by atoms with Gasteiger partial charge in [-0.2, -0.15) is 8.78 Å². The van der Waals surface area contributed by atoms with Crippen molar-refractivity contribution in [1.29, 1.82) is 0 Å². The maximum atomic E-state index is 12.2. The zero-order valence-corrected chi connectivity index (χ0v) is 14.9. The van der Waals surface area contributed by atoms with Gasteiger partial charge in [-0.05, 0) is 63.8 Å². The number of halogens is 2. The van der Waals surface area contributed by atoms with Crippen LogP contribution in [0, 0.1) is 5.92 Å². The number of carbonyl (C=O) groups excluding carboxylic acids is 1. The molecule has 1 aromatic rings. The second-order valence-corrected chi connectivity index (χ2v) is 7.23. The molecule has 2 atom stereocenters. The number of nitrogens with one attached hydrogen (secondary N) is 2. The van der Waals surface area contributed by atoms with Crippen LogP contribution in [-0.4, -0.2) is 30.9 Å². The van der Waals surface area contributed by atoms with E-state index in [0.29, 0.717) is 12.5 Å². The standard InChI is InChI=1S/C18H26F2N2O3/c1-18(2,3)25-17(23)21-11-12-5-4-6-15(12)22-13-7-9-14(10-8-13)24-16(19)20/h7-10,12,15-16,22H,4-6,11H2,1-3H3,(H,21,23). The summed E-state index contributed by atoms with van der Waals surface area (Å²) in [5.41, 5.74) is 0.329. The van der Waals surface area contributed by atoms with E-state index in [-0.39, 0.29) is 11.8 Å². The third-order valence-corrected chi connectivity index (χ3v) is 4.00. The van der Waals surface area contributed by atoms with Gasteiger partial charge in [-0.15, -0.1) is 0 Å². The van der Waals surface area contributed by atoms with E-state index in [1.54, 1.807) is 12.1 Å². The van der Waals surface area contributed by atoms with Gasteiger partial charge in [-0.1, -0.05) is 6.42 Å². The third-order valence-electron chi connectivity index (χ3n) is 4.00. The normalized spacial score (nSPS) is 20.4. The summed E-state index contributed by atoms with van der Waals surface area (Å²) in [5, 5.41) is 6.23. The van der Waals surface area contributed by atoms with Gasteiger partial charge >= 0.3 is 12.7 Å². The number of ether oxygens (including phenoxy) is 2. The summed E-state index contributed by atoms with van der Waals surface area (Å²) in [6.45, 7) is 3.20. The van der Waals surface area contributed by atoms with Crippen molar-refractivity contribution >= 4 is 11.8 Å². The van der Waals surface area contributed by atoms with Crippen LogP contribution in [0.2, 0.25) is 0 Å². The molecule has 25 heavy (non-hydrogen) atoms. The maximum Gasteiger partial charge on any atom is 0.407 e. The molecule has 2 unspecified atom stereocenters. The highest BCUT2D eigenvalue weighted by atomic mass is 19.3. The van der Waals surface area contributed by atoms with Crippen LogP contribution < -0.4 is 15.4 Å². The summed E-state index contributed by atoms with van der Waals surface area (Å²) < 4.78 is 33.9. The predicted molar refractivity (Wildman–Crippen MR) is 92.1 cm³/mol. The molecule has 0 aliphatic heterocycles. The van der Waals surface area contributed by atoms with E-state index in [4.69, 9.17) is 4.74 Å². The Bertz CT molecular complexity index is 558. The largest absolute Gasteiger partial charge is 0.444 e. The van der Waals surface area contributed by atoms with Crippen LogP contribution >= 0.6 is 0 Å². The van der Waals surface area contributed by atoms with Crippen molar-refractivity contribution in [2.45, 2.75) is 58.3 Å². The molecule has 7 heteroatoms. The van der Waals surface area contributed by atoms with Crippen molar-refractivity contribution in [2.75, 3.05) is 11.9 Å². The van der Waals surface area contributed by atoms with Crippen LogP contribution in [-0.2, 0) is 4.74 Å². The Morgan fingerprint density at radius 3 is 2.52 bits per heavy atom. The van der Waals surface area contributed by atoms with E-state index >= 15 is 0 Å². The zero-order valence-electron chi connectivity index (χ0n) is 14.9. The molecule has 1 aromatic carbocycles. The zero-order chi connectivity index (χ0) is 18.4. The SMILES string of the molecule is CC(C)(C)OC(=O)NCC1CCCC1Nc1ccc(OC(F)F)cc1. The minimum atomic E-state index is -2.82. The summed E-state index contributed by atoms with van der Waals surface area (Å²) in [5.74, 6) is 0.430. The van der Waals surface area contributed by atoms with E-state index in [0.717, 1.165) is 24.9 Å². The summed E-state index contributed by atoms with van der Waals surface area (Å²) in [6.07, 6.45) is 2.67. The number of benzene rings is 1. The summed E-state index contributed by atoms with van der Waals surface area (Å²) in [7, 11) is 0. The van der Waals surface area contributed by atoms with E-state index in [9.17, 15) is 13.6 Å². The van der Waals surface area contributed by atoms with Crippen LogP contribution in [0.15, 0.2) is 24.3 Å². The van der Waals surface area contributed by atoms with E-state index < -0.39 is 18.3 Å². The van der Waals surface area contributed by atoms with Crippen molar-refractivity contribution < 1.29 is 23.0 Å². The van der Waals surface area contributed by atoms with Crippen molar-refractivity contribution in [1.82, 2.24) is 5.32 Å². The Hall–Kier alpha value is -2.05. The molecule has 0 spiro atoms. The number of hydrogen-bond acceptors (Lipinski definition) is 4. The maximum absolute atomic E-state index is 12.2. The molecule has 1 amide bonds. The topological polar surface area (TPSA) is 59.6 Å². The lowest BCUT2D eigenvalue weighted by atomic mass is 10.0. The van der Waals surface area contributed by atoms with Gasteiger partial charge in [0.25, 0.3) is 0 Å². The Balaban J connectivity index is 1.83. The molecule has 0 saturated heterocycles. The Morgan fingerprint density at radius 2 is 1.92 bits per heavy atom. The van der Waals surface area contributed by atoms with Gasteiger partial charge in [0.1, 0.15) is 11.4 Å². The molecule has 0 bridgehead atoms. The summed E-state index contributed by atoms with van der Waals surface area (Å²) in [6, 6.07) is 6.68. The molecule has 0 aromatic heterocycles. The number of anilines is 1. The fraction of sp³-hybridized carbons (Fsp3) is 0.611. The molecule has 140 valence electrons. The lowest BCUT2D eigenvalue weighted by Crippen LogP contribution is -2.38. The van der Waals surface area contributed by atoms with Gasteiger partial charge in [-0.25, -0.2) is 4.79 Å². The number of rotatable bonds is 6. The van der Waals surface area contributed by atoms with Gasteiger partial charge in [0.05, 0.1) is 0 Å². The van der Waals surface area contributed by atoms with E-state index in [1.165, 1.54) is 12.1 Å². The number of alkyl halides is 2. The molecular formula is C18H26F2N2O3. The molecule has 1 saturated carbocycles. The Labute approximate surface area is 147 Å². The van der Waals surface area contributed by atoms with Crippen LogP contribution in [0.1, 0.15) is 40.0 Å². The highest BCUT2D eigenvalue weighted by Gasteiger charge is 2.28. The monoisotopic (exact) mass is 356 g/mol. The number of alkyl carbamates (subject to hydrolysis) is 1. The molecule has 1 aliphatic carbocycles. The molecule has 5 nitrogen and oxygen atoms in total. The first-order valence-corrected chi connectivity index (χ1v) is 8.51. The van der Waals surface area contributed by atoms with Gasteiger partial charge in [0.15, 0.2) is 0 Å². The lowest BCUT2D eigenvalue weighted by Gasteiger charge is -2.24. The first kappa shape index (κ1) is 19.3. The van der Waals surface area contributed by atoms with Crippen molar-refractivity contribution in [3.63, 3.8) is 0 Å². The fourth-order valence-corrected chi connectivity index (χ4v) is 2.95. The quantitative estimate of drug-likeness (QED) is 0.793. The molecular weight excluding hydrogens is 330 g/mol. The molecule has 2 rings (SSSR count). The van der Waals surface area contributed by atoms with Crippen molar-refractivity contribution in [3.05, 3.63) is 24.3 Å². The molecule has 0 heterocycles.